The molecule has 2 aromatic carbocycles. The van der Waals surface area contributed by atoms with E-state index < -0.39 is 0 Å². The number of unbranched alkanes of at least 4 members (excludes halogenated alkanes) is 1. The molecular formula is C24H29N5O3. The molecule has 0 unspecified atom stereocenters. The van der Waals surface area contributed by atoms with E-state index in [4.69, 9.17) is 9.47 Å². The zero-order valence-electron chi connectivity index (χ0n) is 18.2. The normalized spacial score (nSPS) is 14.3. The van der Waals surface area contributed by atoms with Crippen molar-refractivity contribution in [2.24, 2.45) is 5.92 Å². The van der Waals surface area contributed by atoms with E-state index in [-0.39, 0.29) is 6.09 Å². The van der Waals surface area contributed by atoms with E-state index in [9.17, 15) is 4.79 Å². The Labute approximate surface area is 188 Å². The van der Waals surface area contributed by atoms with Crippen LogP contribution in [0.25, 0.3) is 5.69 Å². The number of piperidine rings is 1. The molecule has 4 rings (SSSR count). The lowest BCUT2D eigenvalue weighted by Gasteiger charge is -2.31. The van der Waals surface area contributed by atoms with Crippen LogP contribution in [0.1, 0.15) is 37.7 Å². The van der Waals surface area contributed by atoms with Gasteiger partial charge >= 0.3 is 6.09 Å². The summed E-state index contributed by atoms with van der Waals surface area (Å²) in [7, 11) is 0. The van der Waals surface area contributed by atoms with E-state index in [0.29, 0.717) is 19.1 Å². The van der Waals surface area contributed by atoms with Crippen molar-refractivity contribution in [3.63, 3.8) is 0 Å². The second-order valence-electron chi connectivity index (χ2n) is 8.06. The molecule has 3 aromatic rings. The zero-order chi connectivity index (χ0) is 22.0. The Morgan fingerprint density at radius 2 is 1.78 bits per heavy atom. The Balaban J connectivity index is 1.07. The molecule has 2 heterocycles. The smallest absolute Gasteiger partial charge is 0.410 e. The minimum absolute atomic E-state index is 0.202. The fourth-order valence-electron chi connectivity index (χ4n) is 3.91. The molecule has 1 saturated heterocycles. The maximum Gasteiger partial charge on any atom is 0.410 e. The van der Waals surface area contributed by atoms with Gasteiger partial charge in [0.2, 0.25) is 0 Å². The van der Waals surface area contributed by atoms with Gasteiger partial charge in [-0.2, -0.15) is 0 Å². The van der Waals surface area contributed by atoms with Gasteiger partial charge in [-0.05, 0) is 71.9 Å². The maximum absolute atomic E-state index is 12.3. The van der Waals surface area contributed by atoms with Crippen LogP contribution in [0.3, 0.4) is 0 Å². The predicted molar refractivity (Wildman–Crippen MR) is 119 cm³/mol. The van der Waals surface area contributed by atoms with Crippen LogP contribution in [0.5, 0.6) is 5.75 Å². The van der Waals surface area contributed by atoms with Crippen molar-refractivity contribution >= 4 is 6.09 Å². The number of amides is 1. The number of aromatic nitrogens is 4. The standard InChI is InChI=1S/C24H29N5O3/c30-24(32-18-21-7-2-1-3-8-21)28-15-13-20(14-16-28)6-4-5-17-31-23-11-9-22(10-12-23)29-19-25-26-27-29/h1-3,7-12,19-20H,4-6,13-18H2. The molecule has 0 radical (unpaired) electrons. The molecule has 0 spiro atoms. The van der Waals surface area contributed by atoms with Crippen LogP contribution < -0.4 is 4.74 Å². The lowest BCUT2D eigenvalue weighted by Crippen LogP contribution is -2.38. The summed E-state index contributed by atoms with van der Waals surface area (Å²) >= 11 is 0. The third-order valence-electron chi connectivity index (χ3n) is 5.80. The molecule has 32 heavy (non-hydrogen) atoms. The monoisotopic (exact) mass is 435 g/mol. The summed E-state index contributed by atoms with van der Waals surface area (Å²) in [5.41, 5.74) is 1.92. The van der Waals surface area contributed by atoms with Gasteiger partial charge in [0.15, 0.2) is 0 Å². The van der Waals surface area contributed by atoms with Gasteiger partial charge in [-0.25, -0.2) is 9.48 Å². The zero-order valence-corrected chi connectivity index (χ0v) is 18.2. The molecule has 0 aliphatic carbocycles. The summed E-state index contributed by atoms with van der Waals surface area (Å²) in [6.07, 6.45) is 6.77. The fourth-order valence-corrected chi connectivity index (χ4v) is 3.91. The fraction of sp³-hybridized carbons (Fsp3) is 0.417. The first-order valence-corrected chi connectivity index (χ1v) is 11.2. The second kappa shape index (κ2) is 11.3. The van der Waals surface area contributed by atoms with Crippen molar-refractivity contribution in [1.29, 1.82) is 0 Å². The first kappa shape index (κ1) is 21.8. The van der Waals surface area contributed by atoms with Gasteiger partial charge in [0, 0.05) is 13.1 Å². The molecule has 8 heteroatoms. The van der Waals surface area contributed by atoms with Gasteiger partial charge in [-0.15, -0.1) is 5.10 Å². The van der Waals surface area contributed by atoms with E-state index in [2.05, 4.69) is 15.5 Å². The number of likely N-dealkylation sites (tertiary alicyclic amines) is 1. The summed E-state index contributed by atoms with van der Waals surface area (Å²) in [6, 6.07) is 17.5. The molecule has 1 fully saturated rings. The van der Waals surface area contributed by atoms with Crippen LogP contribution in [0.2, 0.25) is 0 Å². The SMILES string of the molecule is O=C(OCc1ccccc1)N1CCC(CCCCOc2ccc(-n3cnnn3)cc2)CC1. The molecule has 0 saturated carbocycles. The minimum atomic E-state index is -0.202. The molecule has 0 bridgehead atoms. The number of hydrogen-bond donors (Lipinski definition) is 0. The van der Waals surface area contributed by atoms with Gasteiger partial charge in [-0.1, -0.05) is 36.8 Å². The number of carbonyl (C=O) groups is 1. The van der Waals surface area contributed by atoms with Crippen molar-refractivity contribution in [3.05, 3.63) is 66.5 Å². The Hall–Kier alpha value is -3.42. The third kappa shape index (κ3) is 6.29. The van der Waals surface area contributed by atoms with E-state index in [1.54, 1.807) is 11.0 Å². The highest BCUT2D eigenvalue weighted by Gasteiger charge is 2.23. The topological polar surface area (TPSA) is 82.4 Å². The quantitative estimate of drug-likeness (QED) is 0.467. The lowest BCUT2D eigenvalue weighted by atomic mass is 9.92. The molecule has 8 nitrogen and oxygen atoms in total. The highest BCUT2D eigenvalue weighted by molar-refractivity contribution is 5.67. The van der Waals surface area contributed by atoms with Crippen LogP contribution in [0.15, 0.2) is 60.9 Å². The van der Waals surface area contributed by atoms with Crippen molar-refractivity contribution in [3.8, 4) is 11.4 Å². The van der Waals surface area contributed by atoms with E-state index in [1.165, 1.54) is 6.42 Å². The molecule has 0 N–H and O–H groups in total. The van der Waals surface area contributed by atoms with Crippen molar-refractivity contribution in [1.82, 2.24) is 25.1 Å². The van der Waals surface area contributed by atoms with Crippen LogP contribution in [0.4, 0.5) is 4.79 Å². The van der Waals surface area contributed by atoms with E-state index in [0.717, 1.165) is 55.8 Å². The maximum atomic E-state index is 12.3. The Morgan fingerprint density at radius 1 is 1.00 bits per heavy atom. The molecule has 0 atom stereocenters. The minimum Gasteiger partial charge on any atom is -0.494 e. The molecule has 1 aliphatic heterocycles. The second-order valence-corrected chi connectivity index (χ2v) is 8.06. The van der Waals surface area contributed by atoms with Crippen LogP contribution >= 0.6 is 0 Å². The third-order valence-corrected chi connectivity index (χ3v) is 5.80. The Morgan fingerprint density at radius 3 is 2.50 bits per heavy atom. The largest absolute Gasteiger partial charge is 0.494 e. The predicted octanol–water partition coefficient (Wildman–Crippen LogP) is 4.26. The summed E-state index contributed by atoms with van der Waals surface area (Å²) in [5.74, 6) is 1.52. The number of benzene rings is 2. The molecule has 1 amide bonds. The molecule has 1 aliphatic rings. The summed E-state index contributed by atoms with van der Waals surface area (Å²) < 4.78 is 12.9. The van der Waals surface area contributed by atoms with E-state index in [1.807, 2.05) is 59.5 Å². The van der Waals surface area contributed by atoms with Crippen molar-refractivity contribution in [2.75, 3.05) is 19.7 Å². The van der Waals surface area contributed by atoms with Crippen LogP contribution in [-0.2, 0) is 11.3 Å². The number of rotatable bonds is 9. The number of nitrogens with zero attached hydrogens (tertiary/aromatic N) is 5. The first-order valence-electron chi connectivity index (χ1n) is 11.2. The van der Waals surface area contributed by atoms with Crippen molar-refractivity contribution in [2.45, 2.75) is 38.7 Å². The number of hydrogen-bond acceptors (Lipinski definition) is 6. The highest BCUT2D eigenvalue weighted by Crippen LogP contribution is 2.23. The molecule has 1 aromatic heterocycles. The highest BCUT2D eigenvalue weighted by atomic mass is 16.6. The lowest BCUT2D eigenvalue weighted by molar-refractivity contribution is 0.0812. The van der Waals surface area contributed by atoms with Gasteiger partial charge in [0.1, 0.15) is 18.7 Å². The Kier molecular flexibility index (Phi) is 7.68. The van der Waals surface area contributed by atoms with Gasteiger partial charge in [0.25, 0.3) is 0 Å². The van der Waals surface area contributed by atoms with Gasteiger partial charge in [-0.3, -0.25) is 0 Å². The van der Waals surface area contributed by atoms with E-state index >= 15 is 0 Å². The number of carbonyl (C=O) groups excluding carboxylic acids is 1. The average molecular weight is 436 g/mol. The summed E-state index contributed by atoms with van der Waals surface area (Å²) in [5, 5.41) is 11.1. The average Bonchev–Trinajstić information content (AvgIpc) is 3.39. The molecular weight excluding hydrogens is 406 g/mol. The van der Waals surface area contributed by atoms with Crippen LogP contribution in [0, 0.1) is 5.92 Å². The Bertz CT molecular complexity index is 940. The summed E-state index contributed by atoms with van der Waals surface area (Å²) in [6.45, 7) is 2.60. The van der Waals surface area contributed by atoms with Gasteiger partial charge < -0.3 is 14.4 Å². The number of tetrazole rings is 1. The number of ether oxygens (including phenoxy) is 2. The molecule has 168 valence electrons. The first-order chi connectivity index (χ1) is 15.8. The van der Waals surface area contributed by atoms with Gasteiger partial charge in [0.05, 0.1) is 12.3 Å². The summed E-state index contributed by atoms with van der Waals surface area (Å²) in [4.78, 5) is 14.1. The van der Waals surface area contributed by atoms with Crippen molar-refractivity contribution < 1.29 is 14.3 Å². The van der Waals surface area contributed by atoms with Crippen LogP contribution in [-0.4, -0.2) is 50.9 Å².